The van der Waals surface area contributed by atoms with E-state index in [2.05, 4.69) is 9.97 Å². The van der Waals surface area contributed by atoms with Crippen molar-refractivity contribution >= 4 is 23.1 Å². The van der Waals surface area contributed by atoms with E-state index in [1.165, 1.54) is 0 Å². The molecule has 1 aromatic carbocycles. The average molecular weight is 283 g/mol. The van der Waals surface area contributed by atoms with Crippen molar-refractivity contribution < 1.29 is 0 Å². The van der Waals surface area contributed by atoms with Crippen molar-refractivity contribution in [3.8, 4) is 0 Å². The second-order valence-electron chi connectivity index (χ2n) is 4.64. The van der Waals surface area contributed by atoms with E-state index >= 15 is 0 Å². The third-order valence-electron chi connectivity index (χ3n) is 3.16. The number of aromatic amines is 1. The van der Waals surface area contributed by atoms with Gasteiger partial charge in [0.1, 0.15) is 0 Å². The number of para-hydroxylation sites is 1. The van der Waals surface area contributed by atoms with Crippen LogP contribution < -0.4 is 5.56 Å². The van der Waals surface area contributed by atoms with E-state index in [1.807, 2.05) is 43.3 Å². The highest BCUT2D eigenvalue weighted by Crippen LogP contribution is 2.07. The molecule has 100 valence electrons. The predicted octanol–water partition coefficient (Wildman–Crippen LogP) is 2.81. The van der Waals surface area contributed by atoms with Gasteiger partial charge in [-0.1, -0.05) is 18.2 Å². The predicted molar refractivity (Wildman–Crippen MR) is 81.5 cm³/mol. The van der Waals surface area contributed by atoms with Crippen molar-refractivity contribution in [2.24, 2.45) is 0 Å². The van der Waals surface area contributed by atoms with E-state index in [4.69, 9.17) is 12.2 Å². The third kappa shape index (κ3) is 2.28. The SMILES string of the molecule is Cc1cccc(Cn2c(=S)[nH]c3ccccc3c2=O)n1. The molecule has 1 N–H and O–H groups in total. The molecule has 3 aromatic rings. The number of H-pyrrole nitrogens is 1. The zero-order chi connectivity index (χ0) is 14.1. The maximum Gasteiger partial charge on any atom is 0.262 e. The molecule has 0 unspecified atom stereocenters. The Hall–Kier alpha value is -2.27. The monoisotopic (exact) mass is 283 g/mol. The van der Waals surface area contributed by atoms with Crippen LogP contribution in [0.1, 0.15) is 11.4 Å². The number of hydrogen-bond donors (Lipinski definition) is 1. The van der Waals surface area contributed by atoms with Crippen molar-refractivity contribution in [3.63, 3.8) is 0 Å². The third-order valence-corrected chi connectivity index (χ3v) is 3.48. The van der Waals surface area contributed by atoms with Crippen LogP contribution >= 0.6 is 12.2 Å². The largest absolute Gasteiger partial charge is 0.332 e. The zero-order valence-electron chi connectivity index (χ0n) is 11.0. The highest BCUT2D eigenvalue weighted by Gasteiger charge is 2.06. The van der Waals surface area contributed by atoms with Gasteiger partial charge in [-0.05, 0) is 43.4 Å². The molecule has 0 aliphatic carbocycles. The van der Waals surface area contributed by atoms with Crippen molar-refractivity contribution in [3.05, 3.63) is 69.0 Å². The fourth-order valence-electron chi connectivity index (χ4n) is 2.19. The molecule has 0 spiro atoms. The lowest BCUT2D eigenvalue weighted by Crippen LogP contribution is -2.23. The van der Waals surface area contributed by atoms with Crippen LogP contribution in [0.2, 0.25) is 0 Å². The summed E-state index contributed by atoms with van der Waals surface area (Å²) in [7, 11) is 0. The summed E-state index contributed by atoms with van der Waals surface area (Å²) < 4.78 is 1.96. The minimum Gasteiger partial charge on any atom is -0.332 e. The summed E-state index contributed by atoms with van der Waals surface area (Å²) in [6, 6.07) is 13.1. The van der Waals surface area contributed by atoms with Gasteiger partial charge in [-0.15, -0.1) is 0 Å². The molecule has 0 saturated heterocycles. The van der Waals surface area contributed by atoms with E-state index in [1.54, 1.807) is 10.6 Å². The molecule has 0 fully saturated rings. The second-order valence-corrected chi connectivity index (χ2v) is 5.02. The summed E-state index contributed by atoms with van der Waals surface area (Å²) in [5.41, 5.74) is 2.41. The lowest BCUT2D eigenvalue weighted by Gasteiger charge is -2.08. The molecular weight excluding hydrogens is 270 g/mol. The van der Waals surface area contributed by atoms with Crippen LogP contribution in [0, 0.1) is 11.7 Å². The number of nitrogens with zero attached hydrogens (tertiary/aromatic N) is 2. The van der Waals surface area contributed by atoms with E-state index in [9.17, 15) is 4.79 Å². The number of aryl methyl sites for hydroxylation is 1. The molecule has 0 aliphatic rings. The van der Waals surface area contributed by atoms with Crippen LogP contribution in [0.3, 0.4) is 0 Å². The standard InChI is InChI=1S/C15H13N3OS/c1-10-5-4-6-11(16-10)9-18-14(19)12-7-2-3-8-13(12)17-15(18)20/h2-8H,9H2,1H3,(H,17,20). The van der Waals surface area contributed by atoms with Crippen LogP contribution in [0.4, 0.5) is 0 Å². The van der Waals surface area contributed by atoms with Gasteiger partial charge in [0.25, 0.3) is 5.56 Å². The van der Waals surface area contributed by atoms with Gasteiger partial charge in [-0.3, -0.25) is 14.3 Å². The smallest absolute Gasteiger partial charge is 0.262 e. The Labute approximate surface area is 120 Å². The molecule has 0 bridgehead atoms. The summed E-state index contributed by atoms with van der Waals surface area (Å²) in [6.07, 6.45) is 0. The minimum atomic E-state index is -0.0901. The van der Waals surface area contributed by atoms with E-state index in [0.717, 1.165) is 16.9 Å². The van der Waals surface area contributed by atoms with E-state index < -0.39 is 0 Å². The Kier molecular flexibility index (Phi) is 3.20. The normalized spacial score (nSPS) is 10.8. The Bertz CT molecular complexity index is 895. The van der Waals surface area contributed by atoms with Crippen LogP contribution in [-0.4, -0.2) is 14.5 Å². The van der Waals surface area contributed by atoms with Gasteiger partial charge >= 0.3 is 0 Å². The van der Waals surface area contributed by atoms with Crippen LogP contribution in [0.5, 0.6) is 0 Å². The Balaban J connectivity index is 2.17. The first kappa shape index (κ1) is 12.7. The number of pyridine rings is 1. The molecule has 0 amide bonds. The van der Waals surface area contributed by atoms with Crippen LogP contribution in [0.15, 0.2) is 47.3 Å². The molecule has 0 atom stereocenters. The molecule has 2 heterocycles. The van der Waals surface area contributed by atoms with Crippen molar-refractivity contribution in [2.75, 3.05) is 0 Å². The average Bonchev–Trinajstić information content (AvgIpc) is 2.43. The Morgan fingerprint density at radius 1 is 1.20 bits per heavy atom. The van der Waals surface area contributed by atoms with Gasteiger partial charge in [0, 0.05) is 5.69 Å². The first-order valence-electron chi connectivity index (χ1n) is 6.29. The molecular formula is C15H13N3OS. The van der Waals surface area contributed by atoms with Crippen molar-refractivity contribution in [2.45, 2.75) is 13.5 Å². The molecule has 5 heteroatoms. The van der Waals surface area contributed by atoms with Gasteiger partial charge in [-0.25, -0.2) is 0 Å². The molecule has 3 rings (SSSR count). The second kappa shape index (κ2) is 5.02. The number of aromatic nitrogens is 3. The molecule has 4 nitrogen and oxygen atoms in total. The lowest BCUT2D eigenvalue weighted by molar-refractivity contribution is 0.715. The van der Waals surface area contributed by atoms with Crippen LogP contribution in [0.25, 0.3) is 10.9 Å². The number of benzene rings is 1. The van der Waals surface area contributed by atoms with Crippen LogP contribution in [-0.2, 0) is 6.54 Å². The zero-order valence-corrected chi connectivity index (χ0v) is 11.8. The fourth-order valence-corrected chi connectivity index (χ4v) is 2.45. The number of fused-ring (bicyclic) bond motifs is 1. The quantitative estimate of drug-likeness (QED) is 0.736. The molecule has 20 heavy (non-hydrogen) atoms. The topological polar surface area (TPSA) is 50.7 Å². The summed E-state index contributed by atoms with van der Waals surface area (Å²) >= 11 is 5.28. The summed E-state index contributed by atoms with van der Waals surface area (Å²) in [5, 5.41) is 0.633. The minimum absolute atomic E-state index is 0.0901. The number of hydrogen-bond acceptors (Lipinski definition) is 3. The van der Waals surface area contributed by atoms with Crippen molar-refractivity contribution in [1.82, 2.24) is 14.5 Å². The summed E-state index contributed by atoms with van der Waals surface area (Å²) in [4.78, 5) is 20.0. The Morgan fingerprint density at radius 2 is 2.00 bits per heavy atom. The lowest BCUT2D eigenvalue weighted by atomic mass is 10.2. The highest BCUT2D eigenvalue weighted by molar-refractivity contribution is 7.71. The van der Waals surface area contributed by atoms with Crippen molar-refractivity contribution in [1.29, 1.82) is 0 Å². The molecule has 0 saturated carbocycles. The highest BCUT2D eigenvalue weighted by atomic mass is 32.1. The number of rotatable bonds is 2. The molecule has 0 aliphatic heterocycles. The van der Waals surface area contributed by atoms with Gasteiger partial charge < -0.3 is 4.98 Å². The van der Waals surface area contributed by atoms with Gasteiger partial charge in [0.15, 0.2) is 4.77 Å². The first-order valence-corrected chi connectivity index (χ1v) is 6.70. The van der Waals surface area contributed by atoms with Gasteiger partial charge in [0.05, 0.1) is 23.1 Å². The summed E-state index contributed by atoms with van der Waals surface area (Å²) in [5.74, 6) is 0. The first-order chi connectivity index (χ1) is 9.65. The van der Waals surface area contributed by atoms with Gasteiger partial charge in [-0.2, -0.15) is 0 Å². The molecule has 0 radical (unpaired) electrons. The van der Waals surface area contributed by atoms with E-state index in [-0.39, 0.29) is 5.56 Å². The Morgan fingerprint density at radius 3 is 2.80 bits per heavy atom. The summed E-state index contributed by atoms with van der Waals surface area (Å²) in [6.45, 7) is 2.30. The number of nitrogens with one attached hydrogen (secondary N) is 1. The molecule has 2 aromatic heterocycles. The van der Waals surface area contributed by atoms with Gasteiger partial charge in [0.2, 0.25) is 0 Å². The maximum absolute atomic E-state index is 12.5. The fraction of sp³-hybridized carbons (Fsp3) is 0.133. The van der Waals surface area contributed by atoms with E-state index in [0.29, 0.717) is 16.7 Å². The maximum atomic E-state index is 12.5.